The summed E-state index contributed by atoms with van der Waals surface area (Å²) in [4.78, 5) is 22.2. The van der Waals surface area contributed by atoms with E-state index in [1.165, 1.54) is 24.0 Å². The summed E-state index contributed by atoms with van der Waals surface area (Å²) in [5.41, 5.74) is 2.45. The van der Waals surface area contributed by atoms with Crippen molar-refractivity contribution in [3.8, 4) is 0 Å². The van der Waals surface area contributed by atoms with Crippen LogP contribution in [-0.4, -0.2) is 36.1 Å². The number of carbonyl (C=O) groups is 1. The maximum absolute atomic E-state index is 14.1. The zero-order chi connectivity index (χ0) is 20.1. The van der Waals surface area contributed by atoms with Gasteiger partial charge in [-0.25, -0.2) is 13.8 Å². The molecule has 1 saturated heterocycles. The smallest absolute Gasteiger partial charge is 0.223 e. The molecule has 3 rings (SSSR count). The van der Waals surface area contributed by atoms with Gasteiger partial charge in [0.1, 0.15) is 12.2 Å². The van der Waals surface area contributed by atoms with E-state index in [0.29, 0.717) is 19.3 Å². The lowest BCUT2D eigenvalue weighted by Gasteiger charge is -2.26. The lowest BCUT2D eigenvalue weighted by atomic mass is 10.1. The van der Waals surface area contributed by atoms with Crippen LogP contribution in [0.1, 0.15) is 44.6 Å². The van der Waals surface area contributed by atoms with Crippen molar-refractivity contribution < 1.29 is 13.6 Å². The molecule has 1 heterocycles. The average molecular weight is 387 g/mol. The third-order valence-electron chi connectivity index (χ3n) is 5.02. The molecule has 1 aliphatic heterocycles. The fourth-order valence-corrected chi connectivity index (χ4v) is 3.39. The molecule has 1 amide bonds. The minimum atomic E-state index is -0.890. The van der Waals surface area contributed by atoms with Crippen LogP contribution in [0.3, 0.4) is 0 Å². The number of aliphatic imine (C=N–C) groups is 2. The van der Waals surface area contributed by atoms with Gasteiger partial charge in [0.25, 0.3) is 0 Å². The van der Waals surface area contributed by atoms with Gasteiger partial charge in [-0.05, 0) is 30.9 Å². The maximum atomic E-state index is 14.1. The molecule has 1 saturated carbocycles. The number of allylic oxidation sites excluding steroid dienone is 1. The van der Waals surface area contributed by atoms with Gasteiger partial charge in [0.15, 0.2) is 11.6 Å². The van der Waals surface area contributed by atoms with Crippen LogP contribution in [0.2, 0.25) is 0 Å². The van der Waals surface area contributed by atoms with Gasteiger partial charge in [-0.2, -0.15) is 0 Å². The number of amidine groups is 1. The van der Waals surface area contributed by atoms with Gasteiger partial charge < -0.3 is 10.2 Å². The minimum Gasteiger partial charge on any atom is -0.347 e. The number of nitrogens with one attached hydrogen (secondary N) is 1. The van der Waals surface area contributed by atoms with Gasteiger partial charge in [0.2, 0.25) is 5.91 Å². The van der Waals surface area contributed by atoms with Crippen LogP contribution in [0.25, 0.3) is 0 Å². The van der Waals surface area contributed by atoms with Gasteiger partial charge in [-0.15, -0.1) is 0 Å². The molecule has 1 aromatic carbocycles. The Bertz CT molecular complexity index is 826. The summed E-state index contributed by atoms with van der Waals surface area (Å²) in [7, 11) is 1.67. The molecule has 2 aliphatic rings. The molecule has 1 atom stereocenters. The number of rotatable bonds is 7. The first-order valence-corrected chi connectivity index (χ1v) is 9.55. The van der Waals surface area contributed by atoms with E-state index >= 15 is 0 Å². The summed E-state index contributed by atoms with van der Waals surface area (Å²) < 4.78 is 27.6. The van der Waals surface area contributed by atoms with E-state index in [-0.39, 0.29) is 24.1 Å². The summed E-state index contributed by atoms with van der Waals surface area (Å²) in [6.07, 6.45) is 7.02. The van der Waals surface area contributed by atoms with Crippen LogP contribution in [0.4, 0.5) is 8.78 Å². The second-order valence-corrected chi connectivity index (χ2v) is 6.97. The Hall–Kier alpha value is -2.57. The molecule has 149 valence electrons. The van der Waals surface area contributed by atoms with Crippen LogP contribution in [0.5, 0.6) is 0 Å². The second-order valence-electron chi connectivity index (χ2n) is 6.97. The van der Waals surface area contributed by atoms with Crippen LogP contribution in [0.15, 0.2) is 39.5 Å². The highest BCUT2D eigenvalue weighted by Crippen LogP contribution is 2.34. The number of halogens is 2. The van der Waals surface area contributed by atoms with E-state index in [2.05, 4.69) is 21.7 Å². The van der Waals surface area contributed by atoms with Crippen molar-refractivity contribution in [3.63, 3.8) is 0 Å². The lowest BCUT2D eigenvalue weighted by molar-refractivity contribution is -0.129. The van der Waals surface area contributed by atoms with E-state index in [1.807, 2.05) is 6.92 Å². The molecule has 0 spiro atoms. The maximum Gasteiger partial charge on any atom is 0.223 e. The van der Waals surface area contributed by atoms with Crippen molar-refractivity contribution in [2.24, 2.45) is 9.98 Å². The number of carbonyl (C=O) groups excluding carboxylic acids is 1. The quantitative estimate of drug-likeness (QED) is 0.572. The van der Waals surface area contributed by atoms with E-state index in [4.69, 9.17) is 0 Å². The Labute approximate surface area is 164 Å². The van der Waals surface area contributed by atoms with Crippen molar-refractivity contribution in [1.29, 1.82) is 0 Å². The van der Waals surface area contributed by atoms with Gasteiger partial charge >= 0.3 is 0 Å². The third kappa shape index (κ3) is 4.82. The molecule has 1 N–H and O–H groups in total. The van der Waals surface area contributed by atoms with Crippen LogP contribution >= 0.6 is 0 Å². The molecule has 0 bridgehead atoms. The predicted molar refractivity (Wildman–Crippen MR) is 106 cm³/mol. The van der Waals surface area contributed by atoms with Crippen molar-refractivity contribution in [2.45, 2.75) is 51.6 Å². The molecule has 28 heavy (non-hydrogen) atoms. The standard InChI is InChI=1S/C21H25F2N4O/c1-3-19(25-13-24-2)26-18(14-7-8-14)11-16-9-10-20(28)27(16)12-15-5-4-6-17(22)21(15)23/h4-7,13,16H,3,8-12H2,1-2H3,(H,24,25,26)/b18-14-. The van der Waals surface area contributed by atoms with Crippen LogP contribution in [-0.2, 0) is 11.3 Å². The normalized spacial score (nSPS) is 21.6. The molecule has 1 radical (unpaired) electrons. The fourth-order valence-electron chi connectivity index (χ4n) is 3.39. The summed E-state index contributed by atoms with van der Waals surface area (Å²) in [5.74, 6) is -0.993. The molecule has 0 aromatic heterocycles. The van der Waals surface area contributed by atoms with Crippen LogP contribution in [0, 0.1) is 18.1 Å². The monoisotopic (exact) mass is 387 g/mol. The van der Waals surface area contributed by atoms with Gasteiger partial charge in [-0.1, -0.05) is 19.1 Å². The Kier molecular flexibility index (Phi) is 6.54. The number of hydrogen-bond donors (Lipinski definition) is 1. The van der Waals surface area contributed by atoms with Gasteiger partial charge in [0.05, 0.1) is 0 Å². The van der Waals surface area contributed by atoms with Crippen molar-refractivity contribution >= 4 is 18.1 Å². The molecule has 2 fully saturated rings. The first-order chi connectivity index (χ1) is 13.5. The van der Waals surface area contributed by atoms with E-state index in [1.54, 1.807) is 11.9 Å². The Morgan fingerprint density at radius 3 is 2.86 bits per heavy atom. The van der Waals surface area contributed by atoms with Crippen molar-refractivity contribution in [1.82, 2.24) is 10.2 Å². The third-order valence-corrected chi connectivity index (χ3v) is 5.02. The summed E-state index contributed by atoms with van der Waals surface area (Å²) in [6.45, 7) is 2.09. The molecule has 7 heteroatoms. The van der Waals surface area contributed by atoms with E-state index in [0.717, 1.165) is 30.4 Å². The molecule has 1 unspecified atom stereocenters. The highest BCUT2D eigenvalue weighted by atomic mass is 19.2. The number of hydrogen-bond acceptors (Lipinski definition) is 2. The SMILES string of the molecule is CCC(=NC=NC)N/C(CC1CCC(=O)N1Cc1cccc(F)c1F)=C1/[CH]C1. The predicted octanol–water partition coefficient (Wildman–Crippen LogP) is 3.76. The van der Waals surface area contributed by atoms with Crippen molar-refractivity contribution in [3.05, 3.63) is 53.1 Å². The highest BCUT2D eigenvalue weighted by molar-refractivity contribution is 5.90. The largest absolute Gasteiger partial charge is 0.347 e. The van der Waals surface area contributed by atoms with Gasteiger partial charge in [-0.3, -0.25) is 9.79 Å². The first-order valence-electron chi connectivity index (χ1n) is 9.55. The molecular weight excluding hydrogens is 362 g/mol. The van der Waals surface area contributed by atoms with E-state index < -0.39 is 11.6 Å². The Morgan fingerprint density at radius 1 is 1.39 bits per heavy atom. The topological polar surface area (TPSA) is 57.1 Å². The van der Waals surface area contributed by atoms with Crippen molar-refractivity contribution in [2.75, 3.05) is 7.05 Å². The minimum absolute atomic E-state index is 0.0275. The molecule has 1 aromatic rings. The average Bonchev–Trinajstić information content (AvgIpc) is 3.48. The number of likely N-dealkylation sites (tertiary alicyclic amines) is 1. The summed E-state index contributed by atoms with van der Waals surface area (Å²) in [6, 6.07) is 4.02. The number of nitrogens with zero attached hydrogens (tertiary/aromatic N) is 3. The molecule has 1 aliphatic carbocycles. The number of amides is 1. The fraction of sp³-hybridized carbons (Fsp3) is 0.429. The molecule has 5 nitrogen and oxygen atoms in total. The first kappa shape index (κ1) is 20.2. The highest BCUT2D eigenvalue weighted by Gasteiger charge is 2.33. The summed E-state index contributed by atoms with van der Waals surface area (Å²) >= 11 is 0. The lowest BCUT2D eigenvalue weighted by Crippen LogP contribution is -2.35. The summed E-state index contributed by atoms with van der Waals surface area (Å²) in [5, 5.41) is 3.38. The van der Waals surface area contributed by atoms with Gasteiger partial charge in [0, 0.05) is 50.2 Å². The number of benzene rings is 1. The zero-order valence-corrected chi connectivity index (χ0v) is 16.2. The van der Waals surface area contributed by atoms with Crippen LogP contribution < -0.4 is 5.32 Å². The zero-order valence-electron chi connectivity index (χ0n) is 16.2. The Balaban J connectivity index is 1.75. The molecular formula is C21H25F2N4O. The Morgan fingerprint density at radius 2 is 2.18 bits per heavy atom. The van der Waals surface area contributed by atoms with E-state index in [9.17, 15) is 13.6 Å². The second kappa shape index (κ2) is 9.08.